The highest BCUT2D eigenvalue weighted by Crippen LogP contribution is 2.60. The summed E-state index contributed by atoms with van der Waals surface area (Å²) in [6.45, 7) is 5.25. The van der Waals surface area contributed by atoms with Gasteiger partial charge in [0.2, 0.25) is 0 Å². The van der Waals surface area contributed by atoms with E-state index in [0.29, 0.717) is 6.42 Å². The summed E-state index contributed by atoms with van der Waals surface area (Å²) in [7, 11) is 0. The van der Waals surface area contributed by atoms with E-state index in [4.69, 9.17) is 14.0 Å². The molecule has 33 heavy (non-hydrogen) atoms. The highest BCUT2D eigenvalue weighted by atomic mass is 32.7. The summed E-state index contributed by atoms with van der Waals surface area (Å²) in [6.07, 6.45) is 4.50. The summed E-state index contributed by atoms with van der Waals surface area (Å²) < 4.78 is 32.0. The van der Waals surface area contributed by atoms with E-state index >= 15 is 0 Å². The molecule has 10 nitrogen and oxygen atoms in total. The standard InChI is InChI=1S/C21H36N3O7PS/c1-6-19(24-12-11-18(25)22-21(24)27)31-15(4)13-29-32(28,33-17-9-7-8-10-17)23-16(5)20(26)30-14(2)3/h11-12,14-17,19H,6-10,13H2,1-5H3,(H,23,28)(H,22,25,27)/t15-,16+,19+,32?/m0/s1. The Kier molecular flexibility index (Phi) is 10.9. The highest BCUT2D eigenvalue weighted by Gasteiger charge is 2.35. The van der Waals surface area contributed by atoms with Gasteiger partial charge in [-0.2, -0.15) is 0 Å². The number of carbonyl (C=O) groups is 1. The Hall–Kier alpha value is -1.39. The van der Waals surface area contributed by atoms with Crippen molar-refractivity contribution >= 4 is 24.1 Å². The van der Waals surface area contributed by atoms with Gasteiger partial charge in [-0.1, -0.05) is 31.1 Å². The summed E-state index contributed by atoms with van der Waals surface area (Å²) in [6, 6.07) is 0.453. The van der Waals surface area contributed by atoms with Crippen molar-refractivity contribution in [1.29, 1.82) is 0 Å². The average Bonchev–Trinajstić information content (AvgIpc) is 3.23. The number of nitrogens with zero attached hydrogens (tertiary/aromatic N) is 1. The second kappa shape index (κ2) is 12.9. The van der Waals surface area contributed by atoms with Crippen LogP contribution in [0.4, 0.5) is 0 Å². The Bertz CT molecular complexity index is 929. The lowest BCUT2D eigenvalue weighted by atomic mass is 10.3. The van der Waals surface area contributed by atoms with Crippen molar-refractivity contribution in [2.45, 2.75) is 96.5 Å². The zero-order chi connectivity index (χ0) is 24.6. The molecule has 2 N–H and O–H groups in total. The molecular weight excluding hydrogens is 469 g/mol. The maximum Gasteiger partial charge on any atom is 0.330 e. The topological polar surface area (TPSA) is 129 Å². The summed E-state index contributed by atoms with van der Waals surface area (Å²) in [5.74, 6) is -0.492. The number of hydrogen-bond acceptors (Lipinski definition) is 8. The second-order valence-corrected chi connectivity index (χ2v) is 12.9. The van der Waals surface area contributed by atoms with Gasteiger partial charge in [-0.05, 0) is 47.0 Å². The van der Waals surface area contributed by atoms with E-state index in [1.165, 1.54) is 28.2 Å². The quantitative estimate of drug-likeness (QED) is 0.305. The van der Waals surface area contributed by atoms with Crippen LogP contribution in [0.15, 0.2) is 21.9 Å². The molecule has 0 amide bonds. The molecule has 0 radical (unpaired) electrons. The number of H-pyrrole nitrogens is 1. The summed E-state index contributed by atoms with van der Waals surface area (Å²) in [5.41, 5.74) is -1.05. The number of aromatic nitrogens is 2. The van der Waals surface area contributed by atoms with Crippen molar-refractivity contribution in [2.24, 2.45) is 0 Å². The number of esters is 1. The molecule has 1 aliphatic carbocycles. The van der Waals surface area contributed by atoms with Crippen molar-refractivity contribution < 1.29 is 23.4 Å². The van der Waals surface area contributed by atoms with E-state index in [2.05, 4.69) is 10.1 Å². The Morgan fingerprint density at radius 3 is 2.52 bits per heavy atom. The fraction of sp³-hybridized carbons (Fsp3) is 0.762. The van der Waals surface area contributed by atoms with Crippen LogP contribution < -0.4 is 16.3 Å². The molecule has 4 atom stereocenters. The predicted molar refractivity (Wildman–Crippen MR) is 128 cm³/mol. The van der Waals surface area contributed by atoms with Crippen LogP contribution in [-0.4, -0.2) is 45.6 Å². The van der Waals surface area contributed by atoms with Crippen LogP contribution in [0.1, 0.15) is 73.0 Å². The van der Waals surface area contributed by atoms with Crippen LogP contribution in [0.3, 0.4) is 0 Å². The minimum Gasteiger partial charge on any atom is -0.462 e. The van der Waals surface area contributed by atoms with E-state index in [0.717, 1.165) is 25.7 Å². The smallest absolute Gasteiger partial charge is 0.330 e. The van der Waals surface area contributed by atoms with E-state index in [-0.39, 0.29) is 18.0 Å². The van der Waals surface area contributed by atoms with Crippen molar-refractivity contribution in [3.05, 3.63) is 33.1 Å². The molecule has 2 rings (SSSR count). The number of aromatic amines is 1. The molecule has 1 aliphatic rings. The summed E-state index contributed by atoms with van der Waals surface area (Å²) in [4.78, 5) is 37.9. The fourth-order valence-corrected chi connectivity index (χ4v) is 8.39. The first kappa shape index (κ1) is 27.9. The van der Waals surface area contributed by atoms with Gasteiger partial charge in [0, 0.05) is 17.5 Å². The summed E-state index contributed by atoms with van der Waals surface area (Å²) in [5, 5.41) is 3.06. The molecule has 0 saturated heterocycles. The first-order chi connectivity index (χ1) is 15.5. The van der Waals surface area contributed by atoms with Crippen LogP contribution in [-0.2, 0) is 23.4 Å². The molecule has 1 aromatic rings. The monoisotopic (exact) mass is 505 g/mol. The van der Waals surface area contributed by atoms with Crippen LogP contribution >= 0.6 is 18.1 Å². The number of ether oxygens (including phenoxy) is 2. The highest BCUT2D eigenvalue weighted by molar-refractivity contribution is 8.56. The fourth-order valence-electron chi connectivity index (χ4n) is 3.44. The zero-order valence-corrected chi connectivity index (χ0v) is 21.7. The van der Waals surface area contributed by atoms with Crippen molar-refractivity contribution in [3.8, 4) is 0 Å². The first-order valence-electron chi connectivity index (χ1n) is 11.4. The molecule has 1 saturated carbocycles. The van der Waals surface area contributed by atoms with Gasteiger partial charge in [0.05, 0.1) is 18.8 Å². The molecule has 188 valence electrons. The maximum absolute atomic E-state index is 13.7. The zero-order valence-electron chi connectivity index (χ0n) is 19.9. The third-order valence-electron chi connectivity index (χ3n) is 5.03. The largest absolute Gasteiger partial charge is 0.462 e. The predicted octanol–water partition coefficient (Wildman–Crippen LogP) is 3.58. The molecule has 0 aliphatic heterocycles. The number of carbonyl (C=O) groups excluding carboxylic acids is 1. The number of nitrogens with one attached hydrogen (secondary N) is 2. The SMILES string of the molecule is CC[C@@H](O[C@@H](C)COP(=O)(N[C@H](C)C(=O)OC(C)C)SC1CCCC1)n1ccc(=O)[nH]c1=O. The maximum atomic E-state index is 13.7. The van der Waals surface area contributed by atoms with Gasteiger partial charge in [0.1, 0.15) is 12.3 Å². The van der Waals surface area contributed by atoms with E-state index in [1.807, 2.05) is 6.92 Å². The third kappa shape index (κ3) is 9.05. The summed E-state index contributed by atoms with van der Waals surface area (Å²) >= 11 is 1.25. The molecule has 1 aromatic heterocycles. The third-order valence-corrected chi connectivity index (χ3v) is 9.63. The second-order valence-electron chi connectivity index (χ2n) is 8.47. The lowest BCUT2D eigenvalue weighted by Gasteiger charge is -2.27. The van der Waals surface area contributed by atoms with E-state index < -0.39 is 42.3 Å². The molecule has 0 aromatic carbocycles. The van der Waals surface area contributed by atoms with Crippen molar-refractivity contribution in [2.75, 3.05) is 6.61 Å². The molecule has 1 heterocycles. The van der Waals surface area contributed by atoms with Gasteiger partial charge >= 0.3 is 18.4 Å². The number of hydrogen-bond donors (Lipinski definition) is 2. The van der Waals surface area contributed by atoms with E-state index in [1.54, 1.807) is 27.7 Å². The van der Waals surface area contributed by atoms with Crippen LogP contribution in [0.2, 0.25) is 0 Å². The Balaban J connectivity index is 2.05. The number of rotatable bonds is 13. The normalized spacial score (nSPS) is 19.2. The van der Waals surface area contributed by atoms with Crippen LogP contribution in [0.5, 0.6) is 0 Å². The van der Waals surface area contributed by atoms with Gasteiger partial charge in [-0.15, -0.1) is 0 Å². The Labute approximate surface area is 198 Å². The molecular formula is C21H36N3O7PS. The first-order valence-corrected chi connectivity index (χ1v) is 14.5. The molecule has 12 heteroatoms. The van der Waals surface area contributed by atoms with Gasteiger partial charge in [0.15, 0.2) is 0 Å². The minimum absolute atomic E-state index is 0.00938. The average molecular weight is 506 g/mol. The van der Waals surface area contributed by atoms with Gasteiger partial charge < -0.3 is 14.0 Å². The van der Waals surface area contributed by atoms with Crippen molar-refractivity contribution in [1.82, 2.24) is 14.6 Å². The molecule has 1 unspecified atom stereocenters. The van der Waals surface area contributed by atoms with Gasteiger partial charge in [0.25, 0.3) is 5.56 Å². The van der Waals surface area contributed by atoms with Crippen molar-refractivity contribution in [3.63, 3.8) is 0 Å². The van der Waals surface area contributed by atoms with E-state index in [9.17, 15) is 18.9 Å². The van der Waals surface area contributed by atoms with Gasteiger partial charge in [-0.25, -0.2) is 9.88 Å². The molecule has 0 bridgehead atoms. The van der Waals surface area contributed by atoms with Crippen LogP contribution in [0.25, 0.3) is 0 Å². The van der Waals surface area contributed by atoms with Crippen LogP contribution in [0, 0.1) is 0 Å². The van der Waals surface area contributed by atoms with Gasteiger partial charge in [-0.3, -0.25) is 23.7 Å². The lowest BCUT2D eigenvalue weighted by molar-refractivity contribution is -0.149. The lowest BCUT2D eigenvalue weighted by Crippen LogP contribution is -2.36. The molecule has 1 fully saturated rings. The molecule has 0 spiro atoms. The Morgan fingerprint density at radius 1 is 1.27 bits per heavy atom. The minimum atomic E-state index is -3.45. The Morgan fingerprint density at radius 2 is 1.94 bits per heavy atom.